The van der Waals surface area contributed by atoms with Crippen LogP contribution in [-0.2, 0) is 6.54 Å². The van der Waals surface area contributed by atoms with Gasteiger partial charge in [-0.2, -0.15) is 0 Å². The predicted octanol–water partition coefficient (Wildman–Crippen LogP) is 4.50. The number of rotatable bonds is 6. The van der Waals surface area contributed by atoms with Crippen molar-refractivity contribution in [2.24, 2.45) is 0 Å². The molecule has 3 rings (SSSR count). The Balaban J connectivity index is 1.55. The first-order valence-electron chi connectivity index (χ1n) is 8.34. The van der Waals surface area contributed by atoms with Gasteiger partial charge in [0.15, 0.2) is 5.13 Å². The van der Waals surface area contributed by atoms with Crippen LogP contribution in [0, 0.1) is 0 Å². The van der Waals surface area contributed by atoms with E-state index in [0.29, 0.717) is 17.1 Å². The van der Waals surface area contributed by atoms with E-state index < -0.39 is 0 Å². The van der Waals surface area contributed by atoms with Crippen molar-refractivity contribution in [2.45, 2.75) is 45.2 Å². The zero-order chi connectivity index (χ0) is 17.1. The van der Waals surface area contributed by atoms with Gasteiger partial charge in [-0.15, -0.1) is 11.3 Å². The van der Waals surface area contributed by atoms with Crippen molar-refractivity contribution in [2.75, 3.05) is 17.7 Å². The second-order valence-corrected chi connectivity index (χ2v) is 7.49. The van der Waals surface area contributed by atoms with Crippen LogP contribution in [0.15, 0.2) is 29.6 Å². The fourth-order valence-corrected chi connectivity index (χ4v) is 3.12. The van der Waals surface area contributed by atoms with Crippen LogP contribution in [-0.4, -0.2) is 29.0 Å². The first-order chi connectivity index (χ1) is 11.5. The molecule has 6 heteroatoms. The Kier molecular flexibility index (Phi) is 5.16. The lowest BCUT2D eigenvalue weighted by molar-refractivity contribution is 0.261. The van der Waals surface area contributed by atoms with Gasteiger partial charge in [0.2, 0.25) is 0 Å². The highest BCUT2D eigenvalue weighted by Gasteiger charge is 2.23. The van der Waals surface area contributed by atoms with Gasteiger partial charge >= 0.3 is 6.03 Å². The highest BCUT2D eigenvalue weighted by Crippen LogP contribution is 2.40. The molecule has 0 bridgehead atoms. The molecule has 0 saturated heterocycles. The summed E-state index contributed by atoms with van der Waals surface area (Å²) in [4.78, 5) is 18.8. The van der Waals surface area contributed by atoms with Gasteiger partial charge in [-0.1, -0.05) is 12.1 Å². The van der Waals surface area contributed by atoms with E-state index in [9.17, 15) is 4.79 Å². The smallest absolute Gasteiger partial charge is 0.308 e. The van der Waals surface area contributed by atoms with Gasteiger partial charge in [0.1, 0.15) is 0 Å². The number of hydrogen-bond donors (Lipinski definition) is 2. The number of anilines is 2. The predicted molar refractivity (Wildman–Crippen MR) is 99.8 cm³/mol. The molecule has 5 nitrogen and oxygen atoms in total. The average Bonchev–Trinajstić information content (AvgIpc) is 3.30. The number of aromatic nitrogens is 1. The maximum Gasteiger partial charge on any atom is 0.325 e. The summed E-state index contributed by atoms with van der Waals surface area (Å²) in [6.07, 6.45) is 2.50. The standard InChI is InChI=1S/C18H24N4OS/c1-12(2)22(3)10-16-11-24-18(20-16)21-17(23)19-15-6-4-5-14(9-15)13-7-8-13/h4-6,9,11-13H,7-8,10H2,1-3H3,(H2,19,20,21,23). The molecule has 24 heavy (non-hydrogen) atoms. The first kappa shape index (κ1) is 16.9. The molecule has 0 unspecified atom stereocenters. The Morgan fingerprint density at radius 1 is 1.38 bits per heavy atom. The highest BCUT2D eigenvalue weighted by atomic mass is 32.1. The molecular weight excluding hydrogens is 320 g/mol. The summed E-state index contributed by atoms with van der Waals surface area (Å²) >= 11 is 1.45. The zero-order valence-corrected chi connectivity index (χ0v) is 15.2. The van der Waals surface area contributed by atoms with Gasteiger partial charge in [-0.05, 0) is 57.4 Å². The number of amides is 2. The number of nitrogens with zero attached hydrogens (tertiary/aromatic N) is 2. The molecule has 1 aliphatic carbocycles. The summed E-state index contributed by atoms with van der Waals surface area (Å²) in [7, 11) is 2.07. The molecule has 1 saturated carbocycles. The SMILES string of the molecule is CC(C)N(C)Cc1csc(NC(=O)Nc2cccc(C3CC3)c2)n1. The summed E-state index contributed by atoms with van der Waals surface area (Å²) in [5, 5.41) is 8.32. The lowest BCUT2D eigenvalue weighted by Crippen LogP contribution is -2.25. The lowest BCUT2D eigenvalue weighted by Gasteiger charge is -2.19. The summed E-state index contributed by atoms with van der Waals surface area (Å²) in [6, 6.07) is 8.30. The van der Waals surface area contributed by atoms with Crippen molar-refractivity contribution in [1.82, 2.24) is 9.88 Å². The van der Waals surface area contributed by atoms with Crippen LogP contribution in [0.5, 0.6) is 0 Å². The third kappa shape index (κ3) is 4.55. The van der Waals surface area contributed by atoms with Crippen LogP contribution < -0.4 is 10.6 Å². The molecule has 2 amide bonds. The second kappa shape index (κ2) is 7.32. The summed E-state index contributed by atoms with van der Waals surface area (Å²) in [5.41, 5.74) is 3.11. The zero-order valence-electron chi connectivity index (χ0n) is 14.4. The van der Waals surface area contributed by atoms with E-state index in [1.807, 2.05) is 17.5 Å². The Morgan fingerprint density at radius 3 is 2.88 bits per heavy atom. The van der Waals surface area contributed by atoms with Gasteiger partial charge in [0, 0.05) is 23.7 Å². The Morgan fingerprint density at radius 2 is 2.17 bits per heavy atom. The van der Waals surface area contributed by atoms with Gasteiger partial charge in [-0.25, -0.2) is 9.78 Å². The molecule has 2 N–H and O–H groups in total. The van der Waals surface area contributed by atoms with Crippen molar-refractivity contribution in [1.29, 1.82) is 0 Å². The van der Waals surface area contributed by atoms with Crippen molar-refractivity contribution in [3.63, 3.8) is 0 Å². The molecule has 1 aliphatic rings. The van der Waals surface area contributed by atoms with E-state index in [-0.39, 0.29) is 6.03 Å². The molecule has 1 fully saturated rings. The van der Waals surface area contributed by atoms with E-state index in [1.165, 1.54) is 29.7 Å². The molecule has 128 valence electrons. The van der Waals surface area contributed by atoms with Crippen LogP contribution >= 0.6 is 11.3 Å². The van der Waals surface area contributed by atoms with E-state index in [1.54, 1.807) is 0 Å². The fraction of sp³-hybridized carbons (Fsp3) is 0.444. The topological polar surface area (TPSA) is 57.3 Å². The summed E-state index contributed by atoms with van der Waals surface area (Å²) < 4.78 is 0. The minimum Gasteiger partial charge on any atom is -0.308 e. The van der Waals surface area contributed by atoms with Crippen LogP contribution in [0.2, 0.25) is 0 Å². The lowest BCUT2D eigenvalue weighted by atomic mass is 10.1. The number of benzene rings is 1. The Labute approximate surface area is 147 Å². The Bertz CT molecular complexity index is 709. The fourth-order valence-electron chi connectivity index (χ4n) is 2.42. The number of hydrogen-bond acceptors (Lipinski definition) is 4. The van der Waals surface area contributed by atoms with E-state index in [4.69, 9.17) is 0 Å². The monoisotopic (exact) mass is 344 g/mol. The number of thiazole rings is 1. The molecule has 0 atom stereocenters. The summed E-state index contributed by atoms with van der Waals surface area (Å²) in [6.45, 7) is 5.07. The van der Waals surface area contributed by atoms with E-state index in [0.717, 1.165) is 17.9 Å². The van der Waals surface area contributed by atoms with E-state index in [2.05, 4.69) is 53.5 Å². The van der Waals surface area contributed by atoms with Crippen LogP contribution in [0.3, 0.4) is 0 Å². The van der Waals surface area contributed by atoms with Crippen molar-refractivity contribution in [3.05, 3.63) is 40.9 Å². The second-order valence-electron chi connectivity index (χ2n) is 6.63. The Hall–Kier alpha value is -1.92. The minimum absolute atomic E-state index is 0.249. The average molecular weight is 344 g/mol. The van der Waals surface area contributed by atoms with Gasteiger partial charge in [0.25, 0.3) is 0 Å². The van der Waals surface area contributed by atoms with E-state index >= 15 is 0 Å². The van der Waals surface area contributed by atoms with Crippen LogP contribution in [0.25, 0.3) is 0 Å². The third-order valence-electron chi connectivity index (χ3n) is 4.26. The third-order valence-corrected chi connectivity index (χ3v) is 5.06. The number of carbonyl (C=O) groups is 1. The number of urea groups is 1. The minimum atomic E-state index is -0.249. The van der Waals surface area contributed by atoms with Crippen molar-refractivity contribution >= 4 is 28.2 Å². The van der Waals surface area contributed by atoms with Gasteiger partial charge < -0.3 is 5.32 Å². The van der Waals surface area contributed by atoms with Gasteiger partial charge in [-0.3, -0.25) is 10.2 Å². The molecule has 0 aliphatic heterocycles. The summed E-state index contributed by atoms with van der Waals surface area (Å²) in [5.74, 6) is 0.675. The normalized spacial score (nSPS) is 14.2. The maximum absolute atomic E-state index is 12.2. The number of nitrogens with one attached hydrogen (secondary N) is 2. The highest BCUT2D eigenvalue weighted by molar-refractivity contribution is 7.13. The first-order valence-corrected chi connectivity index (χ1v) is 9.22. The number of carbonyl (C=O) groups excluding carboxylic acids is 1. The molecule has 0 radical (unpaired) electrons. The van der Waals surface area contributed by atoms with Crippen molar-refractivity contribution in [3.8, 4) is 0 Å². The van der Waals surface area contributed by atoms with Crippen molar-refractivity contribution < 1.29 is 4.79 Å². The quantitative estimate of drug-likeness (QED) is 0.811. The molecule has 1 aromatic heterocycles. The molecule has 1 heterocycles. The molecule has 2 aromatic rings. The molecular formula is C18H24N4OS. The maximum atomic E-state index is 12.2. The molecule has 0 spiro atoms. The van der Waals surface area contributed by atoms with Crippen LogP contribution in [0.1, 0.15) is 43.9 Å². The van der Waals surface area contributed by atoms with Crippen LogP contribution in [0.4, 0.5) is 15.6 Å². The molecule has 1 aromatic carbocycles. The largest absolute Gasteiger partial charge is 0.325 e. The van der Waals surface area contributed by atoms with Gasteiger partial charge in [0.05, 0.1) is 5.69 Å².